The molecule has 0 heterocycles. The molecule has 0 spiro atoms. The Balaban J connectivity index is 2.19. The van der Waals surface area contributed by atoms with Gasteiger partial charge in [0.15, 0.2) is 0 Å². The largest absolute Gasteiger partial charge is 0.489 e. The van der Waals surface area contributed by atoms with Gasteiger partial charge < -0.3 is 14.9 Å². The molecule has 5 nitrogen and oxygen atoms in total. The van der Waals surface area contributed by atoms with Crippen molar-refractivity contribution in [3.8, 4) is 5.75 Å². The zero-order valence-corrected chi connectivity index (χ0v) is 10.4. The Kier molecular flexibility index (Phi) is 4.00. The van der Waals surface area contributed by atoms with Crippen molar-refractivity contribution in [3.05, 3.63) is 65.2 Å². The first-order valence-corrected chi connectivity index (χ1v) is 5.85. The van der Waals surface area contributed by atoms with Crippen LogP contribution in [-0.4, -0.2) is 22.2 Å². The van der Waals surface area contributed by atoms with E-state index in [1.165, 1.54) is 18.2 Å². The highest BCUT2D eigenvalue weighted by atomic mass is 16.5. The van der Waals surface area contributed by atoms with E-state index in [0.717, 1.165) is 5.56 Å². The van der Waals surface area contributed by atoms with Gasteiger partial charge in [-0.3, -0.25) is 0 Å². The molecule has 0 aliphatic heterocycles. The van der Waals surface area contributed by atoms with Crippen LogP contribution in [0.1, 0.15) is 26.3 Å². The maximum atomic E-state index is 11.0. The Morgan fingerprint density at radius 3 is 2.15 bits per heavy atom. The van der Waals surface area contributed by atoms with Crippen molar-refractivity contribution >= 4 is 11.9 Å². The molecule has 0 radical (unpaired) electrons. The first kappa shape index (κ1) is 13.6. The SMILES string of the molecule is O=C(O)c1ccc(OCc2ccccc2)cc1C(=O)O. The monoisotopic (exact) mass is 272 g/mol. The number of carbonyl (C=O) groups is 2. The van der Waals surface area contributed by atoms with Crippen LogP contribution in [0.5, 0.6) is 5.75 Å². The summed E-state index contributed by atoms with van der Waals surface area (Å²) in [5.41, 5.74) is 0.388. The standard InChI is InChI=1S/C15H12O5/c16-14(17)12-7-6-11(8-13(12)15(18)19)20-9-10-4-2-1-3-5-10/h1-8H,9H2,(H,16,17)(H,18,19). The summed E-state index contributed by atoms with van der Waals surface area (Å²) in [7, 11) is 0. The molecule has 2 aromatic rings. The topological polar surface area (TPSA) is 83.8 Å². The van der Waals surface area contributed by atoms with Crippen LogP contribution in [0.2, 0.25) is 0 Å². The summed E-state index contributed by atoms with van der Waals surface area (Å²) in [6.45, 7) is 0.284. The molecule has 0 saturated carbocycles. The maximum Gasteiger partial charge on any atom is 0.336 e. The highest BCUT2D eigenvalue weighted by Crippen LogP contribution is 2.19. The predicted octanol–water partition coefficient (Wildman–Crippen LogP) is 2.66. The molecule has 0 aliphatic carbocycles. The Morgan fingerprint density at radius 2 is 1.55 bits per heavy atom. The van der Waals surface area contributed by atoms with Crippen LogP contribution < -0.4 is 4.74 Å². The fourth-order valence-electron chi connectivity index (χ4n) is 1.72. The lowest BCUT2D eigenvalue weighted by Gasteiger charge is -2.08. The van der Waals surface area contributed by atoms with Gasteiger partial charge in [-0.05, 0) is 23.8 Å². The molecule has 0 saturated heterocycles. The number of hydrogen-bond acceptors (Lipinski definition) is 3. The Bertz CT molecular complexity index is 634. The van der Waals surface area contributed by atoms with Crippen molar-refractivity contribution < 1.29 is 24.5 Å². The number of aromatic carboxylic acids is 2. The lowest BCUT2D eigenvalue weighted by molar-refractivity contribution is 0.0651. The molecular formula is C15H12O5. The Hall–Kier alpha value is -2.82. The molecule has 2 rings (SSSR count). The van der Waals surface area contributed by atoms with E-state index in [-0.39, 0.29) is 17.7 Å². The van der Waals surface area contributed by atoms with Crippen molar-refractivity contribution in [2.45, 2.75) is 6.61 Å². The van der Waals surface area contributed by atoms with Crippen LogP contribution in [0.4, 0.5) is 0 Å². The number of hydrogen-bond donors (Lipinski definition) is 2. The number of rotatable bonds is 5. The quantitative estimate of drug-likeness (QED) is 0.874. The predicted molar refractivity (Wildman–Crippen MR) is 71.1 cm³/mol. The minimum absolute atomic E-state index is 0.260. The molecular weight excluding hydrogens is 260 g/mol. The van der Waals surface area contributed by atoms with Gasteiger partial charge in [-0.15, -0.1) is 0 Å². The molecule has 0 aliphatic rings. The molecule has 0 aromatic heterocycles. The summed E-state index contributed by atoms with van der Waals surface area (Å²) in [5.74, 6) is -2.26. The lowest BCUT2D eigenvalue weighted by atomic mass is 10.1. The molecule has 0 amide bonds. The highest BCUT2D eigenvalue weighted by molar-refractivity contribution is 6.01. The van der Waals surface area contributed by atoms with E-state index < -0.39 is 11.9 Å². The first-order chi connectivity index (χ1) is 9.58. The van der Waals surface area contributed by atoms with Gasteiger partial charge in [-0.25, -0.2) is 9.59 Å². The minimum Gasteiger partial charge on any atom is -0.489 e. The van der Waals surface area contributed by atoms with Crippen LogP contribution in [0, 0.1) is 0 Å². The van der Waals surface area contributed by atoms with E-state index >= 15 is 0 Å². The summed E-state index contributed by atoms with van der Waals surface area (Å²) >= 11 is 0. The van der Waals surface area contributed by atoms with Crippen molar-refractivity contribution in [1.82, 2.24) is 0 Å². The van der Waals surface area contributed by atoms with Gasteiger partial charge in [0.05, 0.1) is 11.1 Å². The third-order valence-electron chi connectivity index (χ3n) is 2.70. The van der Waals surface area contributed by atoms with Crippen LogP contribution in [0.15, 0.2) is 48.5 Å². The molecule has 2 aromatic carbocycles. The molecule has 2 N–H and O–H groups in total. The van der Waals surface area contributed by atoms with Gasteiger partial charge in [-0.1, -0.05) is 30.3 Å². The molecule has 0 bridgehead atoms. The fourth-order valence-corrected chi connectivity index (χ4v) is 1.72. The highest BCUT2D eigenvalue weighted by Gasteiger charge is 2.16. The summed E-state index contributed by atoms with van der Waals surface area (Å²) in [6.07, 6.45) is 0. The number of benzene rings is 2. The molecule has 5 heteroatoms. The van der Waals surface area contributed by atoms with Crippen LogP contribution in [0.25, 0.3) is 0 Å². The maximum absolute atomic E-state index is 11.0. The lowest BCUT2D eigenvalue weighted by Crippen LogP contribution is -2.08. The van der Waals surface area contributed by atoms with Crippen molar-refractivity contribution in [2.75, 3.05) is 0 Å². The van der Waals surface area contributed by atoms with Crippen LogP contribution in [-0.2, 0) is 6.61 Å². The number of ether oxygens (including phenoxy) is 1. The van der Waals surface area contributed by atoms with Gasteiger partial charge in [-0.2, -0.15) is 0 Å². The zero-order valence-electron chi connectivity index (χ0n) is 10.4. The summed E-state index contributed by atoms with van der Waals surface area (Å²) in [5, 5.41) is 17.9. The molecule has 0 atom stereocenters. The molecule has 0 fully saturated rings. The summed E-state index contributed by atoms with van der Waals surface area (Å²) < 4.78 is 5.46. The van der Waals surface area contributed by atoms with E-state index in [1.807, 2.05) is 30.3 Å². The van der Waals surface area contributed by atoms with E-state index in [1.54, 1.807) is 0 Å². The molecule has 102 valence electrons. The van der Waals surface area contributed by atoms with Gasteiger partial charge in [0, 0.05) is 0 Å². The second-order valence-electron chi connectivity index (χ2n) is 4.09. The number of carboxylic acid groups (broad SMARTS) is 2. The first-order valence-electron chi connectivity index (χ1n) is 5.85. The second kappa shape index (κ2) is 5.88. The van der Waals surface area contributed by atoms with E-state index in [9.17, 15) is 9.59 Å². The molecule has 20 heavy (non-hydrogen) atoms. The fraction of sp³-hybridized carbons (Fsp3) is 0.0667. The zero-order chi connectivity index (χ0) is 14.5. The summed E-state index contributed by atoms with van der Waals surface area (Å²) in [4.78, 5) is 21.9. The van der Waals surface area contributed by atoms with E-state index in [4.69, 9.17) is 14.9 Å². The van der Waals surface area contributed by atoms with Crippen molar-refractivity contribution in [3.63, 3.8) is 0 Å². The van der Waals surface area contributed by atoms with E-state index in [2.05, 4.69) is 0 Å². The smallest absolute Gasteiger partial charge is 0.336 e. The minimum atomic E-state index is -1.30. The van der Waals surface area contributed by atoms with Gasteiger partial charge in [0.2, 0.25) is 0 Å². The Labute approximate surface area is 115 Å². The third kappa shape index (κ3) is 3.14. The average molecular weight is 272 g/mol. The Morgan fingerprint density at radius 1 is 0.900 bits per heavy atom. The van der Waals surface area contributed by atoms with E-state index in [0.29, 0.717) is 5.75 Å². The van der Waals surface area contributed by atoms with Crippen LogP contribution >= 0.6 is 0 Å². The molecule has 0 unspecified atom stereocenters. The number of carboxylic acids is 2. The third-order valence-corrected chi connectivity index (χ3v) is 2.70. The van der Waals surface area contributed by atoms with Crippen molar-refractivity contribution in [2.24, 2.45) is 0 Å². The van der Waals surface area contributed by atoms with Crippen molar-refractivity contribution in [1.29, 1.82) is 0 Å². The van der Waals surface area contributed by atoms with Gasteiger partial charge in [0.1, 0.15) is 12.4 Å². The van der Waals surface area contributed by atoms with Gasteiger partial charge >= 0.3 is 11.9 Å². The normalized spacial score (nSPS) is 10.0. The summed E-state index contributed by atoms with van der Waals surface area (Å²) in [6, 6.07) is 13.3. The van der Waals surface area contributed by atoms with Gasteiger partial charge in [0.25, 0.3) is 0 Å². The average Bonchev–Trinajstić information content (AvgIpc) is 2.45. The van der Waals surface area contributed by atoms with Crippen LogP contribution in [0.3, 0.4) is 0 Å². The second-order valence-corrected chi connectivity index (χ2v) is 4.09.